The van der Waals surface area contributed by atoms with Gasteiger partial charge in [0.1, 0.15) is 0 Å². The van der Waals surface area contributed by atoms with Gasteiger partial charge in [-0.1, -0.05) is 38.1 Å². The molecule has 1 aromatic rings. The summed E-state index contributed by atoms with van der Waals surface area (Å²) >= 11 is 0. The highest BCUT2D eigenvalue weighted by atomic mass is 16.3. The van der Waals surface area contributed by atoms with Crippen LogP contribution in [0, 0.1) is 0 Å². The van der Waals surface area contributed by atoms with Crippen LogP contribution in [0.2, 0.25) is 0 Å². The van der Waals surface area contributed by atoms with Gasteiger partial charge in [-0.05, 0) is 24.0 Å². The molecule has 1 aromatic carbocycles. The van der Waals surface area contributed by atoms with E-state index < -0.39 is 6.10 Å². The molecule has 2 heteroatoms. The van der Waals surface area contributed by atoms with E-state index in [1.807, 2.05) is 18.2 Å². The van der Waals surface area contributed by atoms with E-state index in [0.29, 0.717) is 5.92 Å². The molecule has 0 fully saturated rings. The number of hydrogen-bond donors (Lipinski definition) is 2. The molecule has 0 saturated carbocycles. The third-order valence-electron chi connectivity index (χ3n) is 2.50. The number of aliphatic hydroxyl groups is 1. The first-order valence-corrected chi connectivity index (χ1v) is 5.06. The van der Waals surface area contributed by atoms with E-state index in [2.05, 4.69) is 19.9 Å². The molecule has 0 amide bonds. The Bertz CT molecular complexity index is 294. The van der Waals surface area contributed by atoms with Crippen LogP contribution in [0.25, 0.3) is 0 Å². The summed E-state index contributed by atoms with van der Waals surface area (Å²) in [5.41, 5.74) is 8.20. The standard InChI is InChI=1S/C12H19NO/c1-8(2)10-6-4-5-7-11(10)12(13)9(3)14/h4-9,12,14H,13H2,1-3H3/t9-,12-/m0/s1. The van der Waals surface area contributed by atoms with Crippen molar-refractivity contribution in [1.82, 2.24) is 0 Å². The topological polar surface area (TPSA) is 46.2 Å². The zero-order valence-corrected chi connectivity index (χ0v) is 9.07. The number of nitrogens with two attached hydrogens (primary N) is 1. The van der Waals surface area contributed by atoms with Crippen LogP contribution in [0.1, 0.15) is 43.9 Å². The van der Waals surface area contributed by atoms with Gasteiger partial charge in [0.2, 0.25) is 0 Å². The summed E-state index contributed by atoms with van der Waals surface area (Å²) in [5.74, 6) is 0.441. The molecular weight excluding hydrogens is 174 g/mol. The van der Waals surface area contributed by atoms with E-state index in [1.54, 1.807) is 6.92 Å². The van der Waals surface area contributed by atoms with Crippen LogP contribution < -0.4 is 5.73 Å². The minimum Gasteiger partial charge on any atom is -0.391 e. The lowest BCUT2D eigenvalue weighted by Gasteiger charge is -2.20. The van der Waals surface area contributed by atoms with Crippen molar-refractivity contribution in [1.29, 1.82) is 0 Å². The van der Waals surface area contributed by atoms with Gasteiger partial charge in [0.15, 0.2) is 0 Å². The summed E-state index contributed by atoms with van der Waals surface area (Å²) in [6.45, 7) is 5.99. The van der Waals surface area contributed by atoms with E-state index in [-0.39, 0.29) is 6.04 Å². The lowest BCUT2D eigenvalue weighted by Crippen LogP contribution is -2.24. The Labute approximate surface area is 85.8 Å². The predicted molar refractivity (Wildman–Crippen MR) is 59.1 cm³/mol. The van der Waals surface area contributed by atoms with Gasteiger partial charge in [-0.3, -0.25) is 0 Å². The van der Waals surface area contributed by atoms with Crippen molar-refractivity contribution in [2.45, 2.75) is 38.8 Å². The molecule has 2 nitrogen and oxygen atoms in total. The maximum atomic E-state index is 9.46. The number of aliphatic hydroxyl groups excluding tert-OH is 1. The van der Waals surface area contributed by atoms with Gasteiger partial charge >= 0.3 is 0 Å². The van der Waals surface area contributed by atoms with E-state index in [0.717, 1.165) is 5.56 Å². The van der Waals surface area contributed by atoms with Crippen LogP contribution >= 0.6 is 0 Å². The second-order valence-electron chi connectivity index (χ2n) is 4.05. The molecule has 3 N–H and O–H groups in total. The van der Waals surface area contributed by atoms with E-state index in [1.165, 1.54) is 5.56 Å². The maximum absolute atomic E-state index is 9.46. The molecule has 0 aliphatic heterocycles. The minimum absolute atomic E-state index is 0.284. The molecule has 0 aromatic heterocycles. The third-order valence-corrected chi connectivity index (χ3v) is 2.50. The van der Waals surface area contributed by atoms with Crippen LogP contribution in [0.3, 0.4) is 0 Å². The summed E-state index contributed by atoms with van der Waals surface area (Å²) in [7, 11) is 0. The minimum atomic E-state index is -0.505. The quantitative estimate of drug-likeness (QED) is 0.773. The Morgan fingerprint density at radius 2 is 1.57 bits per heavy atom. The Hall–Kier alpha value is -0.860. The molecule has 0 saturated heterocycles. The summed E-state index contributed by atoms with van der Waals surface area (Å²) in [6.07, 6.45) is -0.505. The van der Waals surface area contributed by atoms with Gasteiger partial charge in [-0.15, -0.1) is 0 Å². The number of hydrogen-bond acceptors (Lipinski definition) is 2. The second-order valence-corrected chi connectivity index (χ2v) is 4.05. The molecule has 78 valence electrons. The first-order valence-electron chi connectivity index (χ1n) is 5.06. The van der Waals surface area contributed by atoms with Crippen molar-refractivity contribution in [3.63, 3.8) is 0 Å². The van der Waals surface area contributed by atoms with E-state index in [9.17, 15) is 5.11 Å². The SMILES string of the molecule is CC(C)c1ccccc1[C@@H](N)[C@H](C)O. The van der Waals surface area contributed by atoms with Crippen LogP contribution in [0.15, 0.2) is 24.3 Å². The highest BCUT2D eigenvalue weighted by Crippen LogP contribution is 2.25. The van der Waals surface area contributed by atoms with E-state index in [4.69, 9.17) is 5.73 Å². The fourth-order valence-corrected chi connectivity index (χ4v) is 1.60. The summed E-state index contributed by atoms with van der Waals surface area (Å²) in [4.78, 5) is 0. The van der Waals surface area contributed by atoms with Crippen LogP contribution in [0.4, 0.5) is 0 Å². The molecule has 0 spiro atoms. The average Bonchev–Trinajstić information content (AvgIpc) is 2.16. The zero-order chi connectivity index (χ0) is 10.7. The third kappa shape index (κ3) is 2.34. The number of benzene rings is 1. The van der Waals surface area contributed by atoms with Crippen molar-refractivity contribution >= 4 is 0 Å². The van der Waals surface area contributed by atoms with Crippen LogP contribution in [0.5, 0.6) is 0 Å². The normalized spacial score (nSPS) is 15.6. The van der Waals surface area contributed by atoms with Crippen molar-refractivity contribution in [2.75, 3.05) is 0 Å². The van der Waals surface area contributed by atoms with Crippen molar-refractivity contribution in [3.05, 3.63) is 35.4 Å². The Morgan fingerprint density at radius 1 is 1.07 bits per heavy atom. The summed E-state index contributed by atoms with van der Waals surface area (Å²) < 4.78 is 0. The predicted octanol–water partition coefficient (Wildman–Crippen LogP) is 2.19. The highest BCUT2D eigenvalue weighted by molar-refractivity contribution is 5.32. The second kappa shape index (κ2) is 4.58. The van der Waals surface area contributed by atoms with Gasteiger partial charge in [0.25, 0.3) is 0 Å². The molecule has 0 aliphatic rings. The Morgan fingerprint density at radius 3 is 2.00 bits per heavy atom. The van der Waals surface area contributed by atoms with Gasteiger partial charge in [-0.25, -0.2) is 0 Å². The molecule has 2 atom stereocenters. The highest BCUT2D eigenvalue weighted by Gasteiger charge is 2.16. The van der Waals surface area contributed by atoms with Gasteiger partial charge in [-0.2, -0.15) is 0 Å². The van der Waals surface area contributed by atoms with Gasteiger partial charge in [0, 0.05) is 0 Å². The lowest BCUT2D eigenvalue weighted by molar-refractivity contribution is 0.164. The first kappa shape index (κ1) is 11.2. The molecule has 1 rings (SSSR count). The van der Waals surface area contributed by atoms with Crippen molar-refractivity contribution in [2.24, 2.45) is 5.73 Å². The molecule has 0 radical (unpaired) electrons. The lowest BCUT2D eigenvalue weighted by atomic mass is 9.91. The van der Waals surface area contributed by atoms with Gasteiger partial charge in [0.05, 0.1) is 12.1 Å². The monoisotopic (exact) mass is 193 g/mol. The summed E-state index contributed by atoms with van der Waals surface area (Å²) in [5, 5.41) is 9.46. The van der Waals surface area contributed by atoms with Crippen molar-refractivity contribution in [3.8, 4) is 0 Å². The summed E-state index contributed by atoms with van der Waals surface area (Å²) in [6, 6.07) is 7.75. The molecular formula is C12H19NO. The maximum Gasteiger partial charge on any atom is 0.0704 e. The van der Waals surface area contributed by atoms with Crippen molar-refractivity contribution < 1.29 is 5.11 Å². The molecule has 0 heterocycles. The molecule has 0 unspecified atom stereocenters. The first-order chi connectivity index (χ1) is 6.54. The largest absolute Gasteiger partial charge is 0.391 e. The molecule has 14 heavy (non-hydrogen) atoms. The Balaban J connectivity index is 3.06. The van der Waals surface area contributed by atoms with Crippen LogP contribution in [-0.4, -0.2) is 11.2 Å². The van der Waals surface area contributed by atoms with Gasteiger partial charge < -0.3 is 10.8 Å². The average molecular weight is 193 g/mol. The molecule has 0 aliphatic carbocycles. The smallest absolute Gasteiger partial charge is 0.0704 e. The number of rotatable bonds is 3. The fourth-order valence-electron chi connectivity index (χ4n) is 1.60. The van der Waals surface area contributed by atoms with Crippen LogP contribution in [-0.2, 0) is 0 Å². The molecule has 0 bridgehead atoms. The zero-order valence-electron chi connectivity index (χ0n) is 9.07. The van der Waals surface area contributed by atoms with E-state index >= 15 is 0 Å². The Kier molecular flexibility index (Phi) is 3.67. The fraction of sp³-hybridized carbons (Fsp3) is 0.500.